The summed E-state index contributed by atoms with van der Waals surface area (Å²) in [5, 5.41) is 10.5. The van der Waals surface area contributed by atoms with Crippen molar-refractivity contribution in [1.82, 2.24) is 25.2 Å². The van der Waals surface area contributed by atoms with Gasteiger partial charge in [-0.05, 0) is 11.1 Å². The van der Waals surface area contributed by atoms with Crippen LogP contribution in [-0.2, 0) is 28.2 Å². The number of aromatic nitrogens is 3. The fraction of sp³-hybridized carbons (Fsp3) is 0.444. The number of nitrogens with one attached hydrogen (secondary N) is 1. The molecule has 0 atom stereocenters. The highest BCUT2D eigenvalue weighted by molar-refractivity contribution is 5.96. The fourth-order valence-electron chi connectivity index (χ4n) is 3.14. The van der Waals surface area contributed by atoms with Gasteiger partial charge < -0.3 is 9.64 Å². The minimum absolute atomic E-state index is 0.113. The summed E-state index contributed by atoms with van der Waals surface area (Å²) in [5.41, 5.74) is 1.04. The highest BCUT2D eigenvalue weighted by atomic mass is 19.1. The molecule has 0 aliphatic carbocycles. The zero-order valence-electron chi connectivity index (χ0n) is 14.7. The van der Waals surface area contributed by atoms with E-state index in [1.54, 1.807) is 21.7 Å². The van der Waals surface area contributed by atoms with E-state index >= 15 is 0 Å². The van der Waals surface area contributed by atoms with Crippen molar-refractivity contribution < 1.29 is 18.7 Å². The fourth-order valence-corrected chi connectivity index (χ4v) is 3.14. The minimum Gasteiger partial charge on any atom is -0.374 e. The Hall–Kier alpha value is -2.81. The van der Waals surface area contributed by atoms with Crippen molar-refractivity contribution in [2.24, 2.45) is 0 Å². The van der Waals surface area contributed by atoms with Gasteiger partial charge in [0.2, 0.25) is 5.91 Å². The van der Waals surface area contributed by atoms with Gasteiger partial charge in [0.25, 0.3) is 0 Å². The van der Waals surface area contributed by atoms with Crippen molar-refractivity contribution in [3.05, 3.63) is 47.3 Å². The molecule has 2 fully saturated rings. The van der Waals surface area contributed by atoms with E-state index in [0.29, 0.717) is 38.0 Å². The topological polar surface area (TPSA) is 89.3 Å². The molecule has 2 aliphatic heterocycles. The second-order valence-corrected chi connectivity index (χ2v) is 6.90. The van der Waals surface area contributed by atoms with Crippen LogP contribution in [0.2, 0.25) is 0 Å². The van der Waals surface area contributed by atoms with E-state index < -0.39 is 5.67 Å². The predicted octanol–water partition coefficient (Wildman–Crippen LogP) is 1.01. The van der Waals surface area contributed by atoms with Gasteiger partial charge in [0.15, 0.2) is 5.67 Å². The molecule has 27 heavy (non-hydrogen) atoms. The molecule has 2 aromatic rings. The Bertz CT molecular complexity index is 847. The van der Waals surface area contributed by atoms with Crippen molar-refractivity contribution in [2.45, 2.75) is 25.1 Å². The summed E-state index contributed by atoms with van der Waals surface area (Å²) in [5.74, 6) is -0.239. The Morgan fingerprint density at radius 3 is 2.67 bits per heavy atom. The van der Waals surface area contributed by atoms with Crippen molar-refractivity contribution in [3.63, 3.8) is 0 Å². The number of imide groups is 1. The number of ether oxygens (including phenoxy) is 1. The molecular formula is C18H20FN5O3. The van der Waals surface area contributed by atoms with Gasteiger partial charge in [-0.1, -0.05) is 29.5 Å². The number of carbonyl (C=O) groups excluding carboxylic acids is 2. The average Bonchev–Trinajstić information content (AvgIpc) is 3.07. The van der Waals surface area contributed by atoms with E-state index in [0.717, 1.165) is 11.3 Å². The van der Waals surface area contributed by atoms with Gasteiger partial charge in [0.1, 0.15) is 0 Å². The first kappa shape index (κ1) is 17.6. The van der Waals surface area contributed by atoms with Crippen LogP contribution in [0.1, 0.15) is 23.2 Å². The van der Waals surface area contributed by atoms with Crippen LogP contribution in [-0.4, -0.2) is 58.1 Å². The smallest absolute Gasteiger partial charge is 0.324 e. The Morgan fingerprint density at radius 2 is 2.00 bits per heavy atom. The molecular weight excluding hydrogens is 353 g/mol. The molecule has 1 N–H and O–H groups in total. The molecule has 8 nitrogen and oxygen atoms in total. The first-order valence-corrected chi connectivity index (χ1v) is 8.86. The van der Waals surface area contributed by atoms with E-state index in [2.05, 4.69) is 15.6 Å². The molecule has 9 heteroatoms. The Balaban J connectivity index is 1.31. The summed E-state index contributed by atoms with van der Waals surface area (Å²) in [7, 11) is 0. The number of benzene rings is 1. The monoisotopic (exact) mass is 373 g/mol. The van der Waals surface area contributed by atoms with Gasteiger partial charge in [0.05, 0.1) is 25.5 Å². The SMILES string of the molecule is O=C1CCN(CCc2cn(Cc3ccc(C4(F)COC4)cc3)nn2)C(=O)N1. The first-order valence-electron chi connectivity index (χ1n) is 8.86. The molecule has 3 heterocycles. The van der Waals surface area contributed by atoms with E-state index in [1.165, 1.54) is 0 Å². The van der Waals surface area contributed by atoms with Crippen LogP contribution in [0.25, 0.3) is 0 Å². The zero-order chi connectivity index (χ0) is 18.9. The molecule has 0 bridgehead atoms. The molecule has 142 valence electrons. The summed E-state index contributed by atoms with van der Waals surface area (Å²) in [6, 6.07) is 6.97. The molecule has 0 radical (unpaired) electrons. The molecule has 0 saturated carbocycles. The van der Waals surface area contributed by atoms with Crippen LogP contribution in [0.3, 0.4) is 0 Å². The van der Waals surface area contributed by atoms with E-state index in [9.17, 15) is 14.0 Å². The third-order valence-electron chi connectivity index (χ3n) is 4.84. The van der Waals surface area contributed by atoms with Crippen LogP contribution in [0.15, 0.2) is 30.5 Å². The van der Waals surface area contributed by atoms with Crippen molar-refractivity contribution in [2.75, 3.05) is 26.3 Å². The number of hydrogen-bond donors (Lipinski definition) is 1. The number of alkyl halides is 1. The lowest BCUT2D eigenvalue weighted by atomic mass is 9.93. The van der Waals surface area contributed by atoms with Crippen LogP contribution in [0.4, 0.5) is 9.18 Å². The largest absolute Gasteiger partial charge is 0.374 e. The van der Waals surface area contributed by atoms with E-state index in [4.69, 9.17) is 4.74 Å². The van der Waals surface area contributed by atoms with Gasteiger partial charge in [-0.2, -0.15) is 0 Å². The summed E-state index contributed by atoms with van der Waals surface area (Å²) >= 11 is 0. The van der Waals surface area contributed by atoms with E-state index in [-0.39, 0.29) is 25.2 Å². The third-order valence-corrected chi connectivity index (χ3v) is 4.84. The summed E-state index contributed by atoms with van der Waals surface area (Å²) in [4.78, 5) is 24.5. The molecule has 2 saturated heterocycles. The van der Waals surface area contributed by atoms with Gasteiger partial charge >= 0.3 is 6.03 Å². The molecule has 3 amide bonds. The Kier molecular flexibility index (Phi) is 4.61. The standard InChI is InChI=1S/C18H20FN5O3/c19-18(11-27-12-18)14-3-1-13(2-4-14)9-24-10-15(21-22-24)5-7-23-8-6-16(25)20-17(23)26/h1-4,10H,5-9,11-12H2,(H,20,25,26). The minimum atomic E-state index is -1.36. The van der Waals surface area contributed by atoms with Crippen molar-refractivity contribution >= 4 is 11.9 Å². The quantitative estimate of drug-likeness (QED) is 0.816. The maximum absolute atomic E-state index is 14.3. The lowest BCUT2D eigenvalue weighted by Gasteiger charge is -2.34. The summed E-state index contributed by atoms with van der Waals surface area (Å²) in [6.45, 7) is 1.66. The number of hydrogen-bond acceptors (Lipinski definition) is 5. The number of rotatable bonds is 6. The van der Waals surface area contributed by atoms with Gasteiger partial charge in [-0.15, -0.1) is 5.10 Å². The second-order valence-electron chi connectivity index (χ2n) is 6.90. The highest BCUT2D eigenvalue weighted by Gasteiger charge is 2.40. The predicted molar refractivity (Wildman–Crippen MR) is 92.6 cm³/mol. The number of nitrogens with zero attached hydrogens (tertiary/aromatic N) is 4. The molecule has 1 aromatic carbocycles. The Labute approximate surface area is 155 Å². The van der Waals surface area contributed by atoms with Crippen LogP contribution < -0.4 is 5.32 Å². The third kappa shape index (κ3) is 3.82. The number of amides is 3. The summed E-state index contributed by atoms with van der Waals surface area (Å²) in [6.07, 6.45) is 2.71. The van der Waals surface area contributed by atoms with Crippen LogP contribution in [0, 0.1) is 0 Å². The number of carbonyl (C=O) groups is 2. The normalized spacial score (nSPS) is 18.9. The number of halogens is 1. The molecule has 0 unspecified atom stereocenters. The maximum atomic E-state index is 14.3. The lowest BCUT2D eigenvalue weighted by molar-refractivity contribution is -0.135. The van der Waals surface area contributed by atoms with E-state index in [1.807, 2.05) is 18.3 Å². The molecule has 1 aromatic heterocycles. The van der Waals surface area contributed by atoms with Gasteiger partial charge in [-0.3, -0.25) is 10.1 Å². The summed E-state index contributed by atoms with van der Waals surface area (Å²) < 4.78 is 21.0. The van der Waals surface area contributed by atoms with Crippen molar-refractivity contribution in [1.29, 1.82) is 0 Å². The van der Waals surface area contributed by atoms with Crippen LogP contribution in [0.5, 0.6) is 0 Å². The molecule has 2 aliphatic rings. The first-order chi connectivity index (χ1) is 13.0. The second kappa shape index (κ2) is 7.07. The number of urea groups is 1. The van der Waals surface area contributed by atoms with Gasteiger partial charge in [-0.25, -0.2) is 13.9 Å². The van der Waals surface area contributed by atoms with Crippen LogP contribution >= 0.6 is 0 Å². The average molecular weight is 373 g/mol. The lowest BCUT2D eigenvalue weighted by Crippen LogP contribution is -2.49. The molecule has 4 rings (SSSR count). The van der Waals surface area contributed by atoms with Gasteiger partial charge in [0, 0.05) is 32.1 Å². The molecule has 0 spiro atoms. The highest BCUT2D eigenvalue weighted by Crippen LogP contribution is 2.33. The zero-order valence-corrected chi connectivity index (χ0v) is 14.7. The van der Waals surface area contributed by atoms with Crippen molar-refractivity contribution in [3.8, 4) is 0 Å². The maximum Gasteiger partial charge on any atom is 0.324 e. The Morgan fingerprint density at radius 1 is 1.22 bits per heavy atom.